The van der Waals surface area contributed by atoms with E-state index in [1.165, 1.54) is 12.8 Å². The van der Waals surface area contributed by atoms with E-state index in [9.17, 15) is 0 Å². The average Bonchev–Trinajstić information content (AvgIpc) is 3.05. The second-order valence-electron chi connectivity index (χ2n) is 4.00. The molecular weight excluding hydrogens is 188 g/mol. The highest BCUT2D eigenvalue weighted by atomic mass is 16.5. The number of hydrogen-bond donors (Lipinski definition) is 2. The van der Waals surface area contributed by atoms with Crippen molar-refractivity contribution in [3.05, 3.63) is 0 Å². The summed E-state index contributed by atoms with van der Waals surface area (Å²) in [6.45, 7) is 5.47. The zero-order valence-corrected chi connectivity index (χ0v) is 9.43. The Morgan fingerprint density at radius 2 is 2.00 bits per heavy atom. The molecule has 0 unspecified atom stereocenters. The molecule has 1 fully saturated rings. The monoisotopic (exact) mass is 210 g/mol. The fourth-order valence-electron chi connectivity index (χ4n) is 1.30. The summed E-state index contributed by atoms with van der Waals surface area (Å²) in [5.74, 6) is 3.42. The Morgan fingerprint density at radius 3 is 2.73 bits per heavy atom. The molecule has 0 aliphatic heterocycles. The van der Waals surface area contributed by atoms with Crippen LogP contribution >= 0.6 is 0 Å². The smallest absolute Gasteiger partial charge is 0.0574 e. The summed E-state index contributed by atoms with van der Waals surface area (Å²) in [5.41, 5.74) is 0. The Kier molecular flexibility index (Phi) is 7.28. The van der Waals surface area contributed by atoms with Gasteiger partial charge in [0, 0.05) is 26.3 Å². The molecule has 2 N–H and O–H groups in total. The van der Waals surface area contributed by atoms with Crippen LogP contribution in [-0.2, 0) is 4.74 Å². The SMILES string of the molecule is C#CCNCCNCCCOCC1CC1. The van der Waals surface area contributed by atoms with E-state index in [1.54, 1.807) is 0 Å². The van der Waals surface area contributed by atoms with E-state index in [2.05, 4.69) is 16.6 Å². The Balaban J connectivity index is 1.64. The maximum Gasteiger partial charge on any atom is 0.0574 e. The predicted octanol–water partition coefficient (Wildman–Crippen LogP) is 0.615. The highest BCUT2D eigenvalue weighted by molar-refractivity contribution is 4.86. The van der Waals surface area contributed by atoms with Gasteiger partial charge >= 0.3 is 0 Å². The van der Waals surface area contributed by atoms with Crippen LogP contribution < -0.4 is 10.6 Å². The topological polar surface area (TPSA) is 33.3 Å². The molecule has 0 atom stereocenters. The summed E-state index contributed by atoms with van der Waals surface area (Å²) < 4.78 is 5.52. The maximum atomic E-state index is 5.52. The third kappa shape index (κ3) is 8.44. The molecule has 0 radical (unpaired) electrons. The second-order valence-corrected chi connectivity index (χ2v) is 4.00. The molecule has 1 aliphatic carbocycles. The van der Waals surface area contributed by atoms with Gasteiger partial charge in [0.15, 0.2) is 0 Å². The first kappa shape index (κ1) is 12.5. The molecule has 0 bridgehead atoms. The van der Waals surface area contributed by atoms with Crippen LogP contribution in [0.15, 0.2) is 0 Å². The Labute approximate surface area is 93.0 Å². The summed E-state index contributed by atoms with van der Waals surface area (Å²) in [5, 5.41) is 6.47. The molecule has 0 aromatic carbocycles. The van der Waals surface area contributed by atoms with E-state index in [-0.39, 0.29) is 0 Å². The molecule has 0 aromatic heterocycles. The van der Waals surface area contributed by atoms with Crippen LogP contribution in [0.25, 0.3) is 0 Å². The first-order valence-corrected chi connectivity index (χ1v) is 5.86. The van der Waals surface area contributed by atoms with Gasteiger partial charge in [0.2, 0.25) is 0 Å². The van der Waals surface area contributed by atoms with Crippen LogP contribution in [0, 0.1) is 18.3 Å². The third-order valence-corrected chi connectivity index (χ3v) is 2.40. The lowest BCUT2D eigenvalue weighted by atomic mass is 10.4. The van der Waals surface area contributed by atoms with Gasteiger partial charge in [-0.15, -0.1) is 6.42 Å². The molecule has 1 rings (SSSR count). The van der Waals surface area contributed by atoms with Crippen LogP contribution in [0.1, 0.15) is 19.3 Å². The molecule has 3 heteroatoms. The van der Waals surface area contributed by atoms with Crippen LogP contribution in [-0.4, -0.2) is 39.4 Å². The minimum Gasteiger partial charge on any atom is -0.381 e. The standard InChI is InChI=1S/C12H22N2O/c1-2-6-13-8-9-14-7-3-10-15-11-12-4-5-12/h1,12-14H,3-11H2. The van der Waals surface area contributed by atoms with Gasteiger partial charge in [-0.2, -0.15) is 0 Å². The Morgan fingerprint density at radius 1 is 1.20 bits per heavy atom. The van der Waals surface area contributed by atoms with Gasteiger partial charge in [0.25, 0.3) is 0 Å². The molecule has 3 nitrogen and oxygen atoms in total. The lowest BCUT2D eigenvalue weighted by molar-refractivity contribution is 0.122. The van der Waals surface area contributed by atoms with Crippen molar-refractivity contribution in [2.24, 2.45) is 5.92 Å². The van der Waals surface area contributed by atoms with Gasteiger partial charge < -0.3 is 15.4 Å². The van der Waals surface area contributed by atoms with Gasteiger partial charge in [-0.25, -0.2) is 0 Å². The summed E-state index contributed by atoms with van der Waals surface area (Å²) >= 11 is 0. The molecule has 1 saturated carbocycles. The highest BCUT2D eigenvalue weighted by Crippen LogP contribution is 2.28. The third-order valence-electron chi connectivity index (χ3n) is 2.40. The zero-order valence-electron chi connectivity index (χ0n) is 9.43. The van der Waals surface area contributed by atoms with Crippen LogP contribution in [0.4, 0.5) is 0 Å². The van der Waals surface area contributed by atoms with Crippen LogP contribution in [0.2, 0.25) is 0 Å². The normalized spacial score (nSPS) is 15.1. The van der Waals surface area contributed by atoms with Gasteiger partial charge in [-0.05, 0) is 31.7 Å². The molecule has 0 aromatic rings. The number of hydrogen-bond acceptors (Lipinski definition) is 3. The Hall–Kier alpha value is -0.560. The van der Waals surface area contributed by atoms with Crippen molar-refractivity contribution in [2.45, 2.75) is 19.3 Å². The lowest BCUT2D eigenvalue weighted by Crippen LogP contribution is -2.28. The average molecular weight is 210 g/mol. The van der Waals surface area contributed by atoms with Crippen LogP contribution in [0.5, 0.6) is 0 Å². The first-order chi connectivity index (χ1) is 7.43. The van der Waals surface area contributed by atoms with Crippen molar-refractivity contribution >= 4 is 0 Å². The van der Waals surface area contributed by atoms with Crippen molar-refractivity contribution in [1.29, 1.82) is 0 Å². The van der Waals surface area contributed by atoms with Gasteiger partial charge in [-0.1, -0.05) is 5.92 Å². The van der Waals surface area contributed by atoms with Crippen molar-refractivity contribution < 1.29 is 4.74 Å². The van der Waals surface area contributed by atoms with E-state index in [1.807, 2.05) is 0 Å². The van der Waals surface area contributed by atoms with E-state index >= 15 is 0 Å². The minimum atomic E-state index is 0.659. The second kappa shape index (κ2) is 8.72. The molecule has 0 saturated heterocycles. The fraction of sp³-hybridized carbons (Fsp3) is 0.833. The Bertz CT molecular complexity index is 185. The predicted molar refractivity (Wildman–Crippen MR) is 62.7 cm³/mol. The quantitative estimate of drug-likeness (QED) is 0.409. The lowest BCUT2D eigenvalue weighted by Gasteiger charge is -2.05. The highest BCUT2D eigenvalue weighted by Gasteiger charge is 2.20. The summed E-state index contributed by atoms with van der Waals surface area (Å²) in [4.78, 5) is 0. The summed E-state index contributed by atoms with van der Waals surface area (Å²) in [6, 6.07) is 0. The molecule has 0 amide bonds. The molecular formula is C12H22N2O. The molecule has 15 heavy (non-hydrogen) atoms. The van der Waals surface area contributed by atoms with Gasteiger partial charge in [0.05, 0.1) is 6.54 Å². The molecule has 86 valence electrons. The van der Waals surface area contributed by atoms with Crippen molar-refractivity contribution in [3.8, 4) is 12.3 Å². The molecule has 0 heterocycles. The fourth-order valence-corrected chi connectivity index (χ4v) is 1.30. The number of nitrogens with one attached hydrogen (secondary N) is 2. The van der Waals surface area contributed by atoms with Crippen molar-refractivity contribution in [3.63, 3.8) is 0 Å². The van der Waals surface area contributed by atoms with Crippen molar-refractivity contribution in [2.75, 3.05) is 39.4 Å². The summed E-state index contributed by atoms with van der Waals surface area (Å²) in [7, 11) is 0. The largest absolute Gasteiger partial charge is 0.381 e. The minimum absolute atomic E-state index is 0.659. The first-order valence-electron chi connectivity index (χ1n) is 5.86. The maximum absolute atomic E-state index is 5.52. The summed E-state index contributed by atoms with van der Waals surface area (Å²) in [6.07, 6.45) is 8.95. The van der Waals surface area contributed by atoms with E-state index in [4.69, 9.17) is 11.2 Å². The van der Waals surface area contributed by atoms with E-state index < -0.39 is 0 Å². The zero-order chi connectivity index (χ0) is 10.8. The van der Waals surface area contributed by atoms with E-state index in [0.717, 1.165) is 45.2 Å². The number of ether oxygens (including phenoxy) is 1. The van der Waals surface area contributed by atoms with Crippen molar-refractivity contribution in [1.82, 2.24) is 10.6 Å². The van der Waals surface area contributed by atoms with E-state index in [0.29, 0.717) is 6.54 Å². The molecule has 1 aliphatic rings. The van der Waals surface area contributed by atoms with Gasteiger partial charge in [-0.3, -0.25) is 0 Å². The number of rotatable bonds is 10. The molecule has 0 spiro atoms. The number of terminal acetylenes is 1. The van der Waals surface area contributed by atoms with Crippen LogP contribution in [0.3, 0.4) is 0 Å². The van der Waals surface area contributed by atoms with Gasteiger partial charge in [0.1, 0.15) is 0 Å².